The third-order valence-corrected chi connectivity index (χ3v) is 2.59. The first kappa shape index (κ1) is 14.1. The quantitative estimate of drug-likeness (QED) is 0.526. The summed E-state index contributed by atoms with van der Waals surface area (Å²) in [5.74, 6) is -0.344. The minimum atomic E-state index is -0.344. The van der Waals surface area contributed by atoms with Gasteiger partial charge in [0.2, 0.25) is 0 Å². The Morgan fingerprint density at radius 2 is 2.13 bits per heavy atom. The Labute approximate surface area is 91.5 Å². The molecule has 0 aliphatic rings. The number of aliphatic hydroxyl groups excluding tert-OH is 1. The van der Waals surface area contributed by atoms with E-state index in [1.165, 1.54) is 13.2 Å². The molecule has 1 N–H and O–H groups in total. The molecule has 4 nitrogen and oxygen atoms in total. The second kappa shape index (κ2) is 6.58. The number of carbonyl (C=O) groups excluding carboxylic acids is 1. The van der Waals surface area contributed by atoms with Gasteiger partial charge in [-0.15, -0.1) is 0 Å². The fourth-order valence-electron chi connectivity index (χ4n) is 1.09. The fraction of sp³-hybridized carbons (Fsp3) is 0.727. The van der Waals surface area contributed by atoms with Crippen LogP contribution in [0.5, 0.6) is 0 Å². The van der Waals surface area contributed by atoms with Crippen molar-refractivity contribution in [1.82, 2.24) is 4.90 Å². The van der Waals surface area contributed by atoms with Gasteiger partial charge in [0, 0.05) is 24.8 Å². The number of aliphatic hydroxyl groups is 1. The Hall–Kier alpha value is -0.870. The van der Waals surface area contributed by atoms with E-state index in [0.29, 0.717) is 13.0 Å². The summed E-state index contributed by atoms with van der Waals surface area (Å²) in [6.07, 6.45) is 3.87. The molecule has 0 aliphatic heterocycles. The van der Waals surface area contributed by atoms with Crippen LogP contribution < -0.4 is 0 Å². The summed E-state index contributed by atoms with van der Waals surface area (Å²) < 4.78 is 4.48. The Kier molecular flexibility index (Phi) is 6.20. The number of nitrogens with zero attached hydrogens (tertiary/aromatic N) is 1. The van der Waals surface area contributed by atoms with Gasteiger partial charge in [-0.1, -0.05) is 6.08 Å². The average molecular weight is 215 g/mol. The lowest BCUT2D eigenvalue weighted by atomic mass is 9.99. The van der Waals surface area contributed by atoms with Crippen molar-refractivity contribution in [3.05, 3.63) is 12.2 Å². The van der Waals surface area contributed by atoms with Crippen molar-refractivity contribution in [2.45, 2.75) is 25.8 Å². The molecule has 88 valence electrons. The van der Waals surface area contributed by atoms with E-state index in [1.54, 1.807) is 6.08 Å². The third-order valence-electron chi connectivity index (χ3n) is 2.59. The molecule has 0 aliphatic carbocycles. The average Bonchev–Trinajstić information content (AvgIpc) is 2.17. The molecule has 4 heteroatoms. The van der Waals surface area contributed by atoms with Crippen molar-refractivity contribution in [3.63, 3.8) is 0 Å². The van der Waals surface area contributed by atoms with Crippen LogP contribution >= 0.6 is 0 Å². The van der Waals surface area contributed by atoms with Crippen molar-refractivity contribution < 1.29 is 14.6 Å². The second-order valence-electron chi connectivity index (χ2n) is 4.09. The molecule has 0 radical (unpaired) electrons. The molecule has 0 fully saturated rings. The predicted molar refractivity (Wildman–Crippen MR) is 59.6 cm³/mol. The van der Waals surface area contributed by atoms with Gasteiger partial charge in [-0.05, 0) is 27.3 Å². The van der Waals surface area contributed by atoms with Gasteiger partial charge in [-0.3, -0.25) is 4.90 Å². The summed E-state index contributed by atoms with van der Waals surface area (Å²) >= 11 is 0. The highest BCUT2D eigenvalue weighted by atomic mass is 16.5. The summed E-state index contributed by atoms with van der Waals surface area (Å²) in [5, 5.41) is 8.88. The summed E-state index contributed by atoms with van der Waals surface area (Å²) in [4.78, 5) is 12.9. The molecule has 0 bridgehead atoms. The van der Waals surface area contributed by atoms with Crippen molar-refractivity contribution in [2.75, 3.05) is 27.3 Å². The van der Waals surface area contributed by atoms with Crippen LogP contribution in [0.1, 0.15) is 20.3 Å². The maximum absolute atomic E-state index is 10.8. The van der Waals surface area contributed by atoms with E-state index >= 15 is 0 Å². The van der Waals surface area contributed by atoms with Gasteiger partial charge in [0.25, 0.3) is 0 Å². The topological polar surface area (TPSA) is 49.8 Å². The van der Waals surface area contributed by atoms with E-state index in [9.17, 15) is 4.79 Å². The Morgan fingerprint density at radius 1 is 1.53 bits per heavy atom. The largest absolute Gasteiger partial charge is 0.466 e. The van der Waals surface area contributed by atoms with Crippen LogP contribution in [-0.4, -0.2) is 48.8 Å². The molecule has 0 rings (SSSR count). The molecule has 0 aromatic carbocycles. The number of esters is 1. The number of rotatable bonds is 6. The lowest BCUT2D eigenvalue weighted by molar-refractivity contribution is -0.134. The molecule has 0 aromatic rings. The van der Waals surface area contributed by atoms with Crippen molar-refractivity contribution >= 4 is 5.97 Å². The van der Waals surface area contributed by atoms with E-state index in [0.717, 1.165) is 0 Å². The van der Waals surface area contributed by atoms with E-state index in [2.05, 4.69) is 23.5 Å². The predicted octanol–water partition coefficient (Wildman–Crippen LogP) is 0.808. The van der Waals surface area contributed by atoms with Crippen LogP contribution in [0.25, 0.3) is 0 Å². The maximum Gasteiger partial charge on any atom is 0.330 e. The van der Waals surface area contributed by atoms with Gasteiger partial charge in [0.1, 0.15) is 0 Å². The molecule has 0 amide bonds. The van der Waals surface area contributed by atoms with Crippen LogP contribution in [0.4, 0.5) is 0 Å². The number of ether oxygens (including phenoxy) is 1. The Balaban J connectivity index is 4.07. The van der Waals surface area contributed by atoms with Crippen molar-refractivity contribution in [3.8, 4) is 0 Å². The smallest absolute Gasteiger partial charge is 0.330 e. The third kappa shape index (κ3) is 5.54. The van der Waals surface area contributed by atoms with Crippen LogP contribution in [0.3, 0.4) is 0 Å². The van der Waals surface area contributed by atoms with E-state index < -0.39 is 0 Å². The van der Waals surface area contributed by atoms with E-state index in [-0.39, 0.29) is 18.1 Å². The molecule has 0 saturated carbocycles. The van der Waals surface area contributed by atoms with E-state index in [1.807, 2.05) is 7.05 Å². The van der Waals surface area contributed by atoms with Crippen LogP contribution in [0.2, 0.25) is 0 Å². The summed E-state index contributed by atoms with van der Waals surface area (Å²) in [6.45, 7) is 4.92. The van der Waals surface area contributed by atoms with Crippen LogP contribution in [0, 0.1) is 0 Å². The highest BCUT2D eigenvalue weighted by Gasteiger charge is 2.21. The van der Waals surface area contributed by atoms with Crippen molar-refractivity contribution in [2.24, 2.45) is 0 Å². The van der Waals surface area contributed by atoms with E-state index in [4.69, 9.17) is 5.11 Å². The maximum atomic E-state index is 10.8. The zero-order valence-corrected chi connectivity index (χ0v) is 9.99. The molecular formula is C11H21NO3. The molecule has 0 heterocycles. The first-order chi connectivity index (χ1) is 6.94. The second-order valence-corrected chi connectivity index (χ2v) is 4.09. The number of methoxy groups -OCH3 is 1. The first-order valence-corrected chi connectivity index (χ1v) is 5.00. The molecule has 0 aromatic heterocycles. The molecule has 0 spiro atoms. The lowest BCUT2D eigenvalue weighted by Crippen LogP contribution is -2.41. The minimum absolute atomic E-state index is 0.0742. The molecular weight excluding hydrogens is 194 g/mol. The van der Waals surface area contributed by atoms with Crippen LogP contribution in [0.15, 0.2) is 12.2 Å². The standard InChI is InChI=1S/C11H21NO3/c1-11(2,7-9-13)12(3)8-5-6-10(14)15-4/h5-6,13H,7-9H2,1-4H3/b6-5+. The molecule has 0 unspecified atom stereocenters. The summed E-state index contributed by atoms with van der Waals surface area (Å²) in [6, 6.07) is 0. The van der Waals surface area contributed by atoms with Gasteiger partial charge in [0.15, 0.2) is 0 Å². The van der Waals surface area contributed by atoms with Gasteiger partial charge in [-0.25, -0.2) is 4.79 Å². The van der Waals surface area contributed by atoms with Gasteiger partial charge in [-0.2, -0.15) is 0 Å². The number of hydrogen-bond acceptors (Lipinski definition) is 4. The normalized spacial score (nSPS) is 12.4. The molecule has 15 heavy (non-hydrogen) atoms. The zero-order chi connectivity index (χ0) is 11.9. The number of carbonyl (C=O) groups is 1. The molecule has 0 atom stereocenters. The molecule has 0 saturated heterocycles. The van der Waals surface area contributed by atoms with Gasteiger partial charge in [0.05, 0.1) is 7.11 Å². The lowest BCUT2D eigenvalue weighted by Gasteiger charge is -2.34. The fourth-order valence-corrected chi connectivity index (χ4v) is 1.09. The number of likely N-dealkylation sites (N-methyl/N-ethyl adjacent to an activating group) is 1. The monoisotopic (exact) mass is 215 g/mol. The number of hydrogen-bond donors (Lipinski definition) is 1. The van der Waals surface area contributed by atoms with Crippen molar-refractivity contribution in [1.29, 1.82) is 0 Å². The van der Waals surface area contributed by atoms with Gasteiger partial charge >= 0.3 is 5.97 Å². The zero-order valence-electron chi connectivity index (χ0n) is 9.99. The van der Waals surface area contributed by atoms with Crippen LogP contribution in [-0.2, 0) is 9.53 Å². The highest BCUT2D eigenvalue weighted by Crippen LogP contribution is 2.15. The summed E-state index contributed by atoms with van der Waals surface area (Å²) in [5.41, 5.74) is -0.0742. The minimum Gasteiger partial charge on any atom is -0.466 e. The first-order valence-electron chi connectivity index (χ1n) is 5.00. The van der Waals surface area contributed by atoms with Gasteiger partial charge < -0.3 is 9.84 Å². The summed E-state index contributed by atoms with van der Waals surface area (Å²) in [7, 11) is 3.31. The highest BCUT2D eigenvalue weighted by molar-refractivity contribution is 5.81. The Bertz CT molecular complexity index is 224. The SMILES string of the molecule is COC(=O)/C=C/CN(C)C(C)(C)CCO. The Morgan fingerprint density at radius 3 is 2.60 bits per heavy atom.